The monoisotopic (exact) mass is 292 g/mol. The van der Waals surface area contributed by atoms with Crippen molar-refractivity contribution in [3.8, 4) is 11.3 Å². The molecule has 0 aliphatic carbocycles. The highest BCUT2D eigenvalue weighted by Gasteiger charge is 2.07. The second kappa shape index (κ2) is 7.82. The molecule has 1 aromatic heterocycles. The van der Waals surface area contributed by atoms with E-state index in [9.17, 15) is 0 Å². The van der Waals surface area contributed by atoms with Crippen molar-refractivity contribution in [2.24, 2.45) is 5.73 Å². The molecule has 5 heteroatoms. The molecule has 0 aliphatic rings. The third-order valence-electron chi connectivity index (χ3n) is 3.17. The van der Waals surface area contributed by atoms with Crippen molar-refractivity contribution >= 4 is 18.4 Å². The molecule has 2 N–H and O–H groups in total. The van der Waals surface area contributed by atoms with E-state index >= 15 is 0 Å². The summed E-state index contributed by atoms with van der Waals surface area (Å²) >= 11 is 0. The number of hydrogen-bond donors (Lipinski definition) is 1. The highest BCUT2D eigenvalue weighted by molar-refractivity contribution is 5.85. The molecule has 0 fully saturated rings. The number of aromatic nitrogens is 2. The van der Waals surface area contributed by atoms with Gasteiger partial charge in [-0.3, -0.25) is 0 Å². The van der Waals surface area contributed by atoms with E-state index in [0.29, 0.717) is 6.54 Å². The molecular weight excluding hydrogens is 272 g/mol. The van der Waals surface area contributed by atoms with E-state index in [-0.39, 0.29) is 12.4 Å². The van der Waals surface area contributed by atoms with Gasteiger partial charge in [-0.15, -0.1) is 12.4 Å². The first-order chi connectivity index (χ1) is 9.28. The van der Waals surface area contributed by atoms with Gasteiger partial charge in [0.2, 0.25) is 5.95 Å². The maximum absolute atomic E-state index is 5.61. The van der Waals surface area contributed by atoms with Crippen molar-refractivity contribution in [3.05, 3.63) is 42.1 Å². The zero-order valence-electron chi connectivity index (χ0n) is 11.9. The number of rotatable bonds is 5. The van der Waals surface area contributed by atoms with Crippen LogP contribution < -0.4 is 10.6 Å². The van der Waals surface area contributed by atoms with Crippen LogP contribution in [-0.2, 0) is 6.54 Å². The minimum absolute atomic E-state index is 0. The van der Waals surface area contributed by atoms with Crippen LogP contribution >= 0.6 is 12.4 Å². The van der Waals surface area contributed by atoms with Crippen LogP contribution in [0.1, 0.15) is 19.4 Å². The molecule has 2 rings (SSSR count). The molecular formula is C15H21ClN4. The minimum Gasteiger partial charge on any atom is -0.341 e. The van der Waals surface area contributed by atoms with Crippen LogP contribution in [0.15, 0.2) is 36.5 Å². The number of halogens is 1. The van der Waals surface area contributed by atoms with E-state index in [1.54, 1.807) is 0 Å². The third-order valence-corrected chi connectivity index (χ3v) is 3.17. The summed E-state index contributed by atoms with van der Waals surface area (Å²) in [5, 5.41) is 0. The van der Waals surface area contributed by atoms with Gasteiger partial charge >= 0.3 is 0 Å². The van der Waals surface area contributed by atoms with Crippen molar-refractivity contribution in [2.45, 2.75) is 20.4 Å². The Morgan fingerprint density at radius 3 is 2.25 bits per heavy atom. The predicted octanol–water partition coefficient (Wildman–Crippen LogP) is 2.87. The average Bonchev–Trinajstić information content (AvgIpc) is 2.49. The number of nitrogens with zero attached hydrogens (tertiary/aromatic N) is 3. The first-order valence-corrected chi connectivity index (χ1v) is 6.65. The van der Waals surface area contributed by atoms with Gasteiger partial charge in [0.1, 0.15) is 0 Å². The Morgan fingerprint density at radius 2 is 1.70 bits per heavy atom. The van der Waals surface area contributed by atoms with Crippen molar-refractivity contribution < 1.29 is 0 Å². The van der Waals surface area contributed by atoms with Crippen molar-refractivity contribution in [1.29, 1.82) is 0 Å². The summed E-state index contributed by atoms with van der Waals surface area (Å²) in [5.41, 5.74) is 8.77. The van der Waals surface area contributed by atoms with Crippen LogP contribution in [0, 0.1) is 0 Å². The first kappa shape index (κ1) is 16.4. The van der Waals surface area contributed by atoms with E-state index < -0.39 is 0 Å². The Hall–Kier alpha value is -1.65. The largest absolute Gasteiger partial charge is 0.341 e. The highest BCUT2D eigenvalue weighted by atomic mass is 35.5. The lowest BCUT2D eigenvalue weighted by Crippen LogP contribution is -2.24. The Labute approximate surface area is 126 Å². The SMILES string of the molecule is CCN(CC)c1nccc(-c2ccc(CN)cc2)n1.Cl. The molecule has 0 saturated carbocycles. The van der Waals surface area contributed by atoms with E-state index in [1.807, 2.05) is 24.4 Å². The zero-order chi connectivity index (χ0) is 13.7. The molecule has 0 unspecified atom stereocenters. The van der Waals surface area contributed by atoms with E-state index in [4.69, 9.17) is 5.73 Å². The fraction of sp³-hybridized carbons (Fsp3) is 0.333. The van der Waals surface area contributed by atoms with Crippen LogP contribution in [0.25, 0.3) is 11.3 Å². The van der Waals surface area contributed by atoms with Gasteiger partial charge in [-0.25, -0.2) is 9.97 Å². The van der Waals surface area contributed by atoms with Crippen molar-refractivity contribution in [2.75, 3.05) is 18.0 Å². The molecule has 1 aromatic carbocycles. The highest BCUT2D eigenvalue weighted by Crippen LogP contribution is 2.19. The van der Waals surface area contributed by atoms with Gasteiger partial charge in [-0.05, 0) is 25.5 Å². The van der Waals surface area contributed by atoms with Crippen LogP contribution in [0.4, 0.5) is 5.95 Å². The van der Waals surface area contributed by atoms with Crippen LogP contribution in [0.2, 0.25) is 0 Å². The van der Waals surface area contributed by atoms with Crippen LogP contribution in [0.5, 0.6) is 0 Å². The van der Waals surface area contributed by atoms with E-state index in [2.05, 4.69) is 40.8 Å². The maximum atomic E-state index is 5.61. The summed E-state index contributed by atoms with van der Waals surface area (Å²) in [6, 6.07) is 10.1. The summed E-state index contributed by atoms with van der Waals surface area (Å²) in [5.74, 6) is 0.783. The van der Waals surface area contributed by atoms with Gasteiger partial charge in [0.15, 0.2) is 0 Å². The molecule has 0 aliphatic heterocycles. The van der Waals surface area contributed by atoms with Crippen molar-refractivity contribution in [1.82, 2.24) is 9.97 Å². The number of hydrogen-bond acceptors (Lipinski definition) is 4. The molecule has 2 aromatic rings. The molecule has 108 valence electrons. The number of nitrogens with two attached hydrogens (primary N) is 1. The Morgan fingerprint density at radius 1 is 1.05 bits per heavy atom. The van der Waals surface area contributed by atoms with E-state index in [0.717, 1.165) is 35.9 Å². The lowest BCUT2D eigenvalue weighted by molar-refractivity contribution is 0.822. The summed E-state index contributed by atoms with van der Waals surface area (Å²) in [6.45, 7) is 6.60. The molecule has 0 atom stereocenters. The fourth-order valence-electron chi connectivity index (χ4n) is 1.98. The Bertz CT molecular complexity index is 524. The normalized spacial score (nSPS) is 9.95. The van der Waals surface area contributed by atoms with Gasteiger partial charge in [-0.1, -0.05) is 24.3 Å². The van der Waals surface area contributed by atoms with Gasteiger partial charge in [0, 0.05) is 31.4 Å². The maximum Gasteiger partial charge on any atom is 0.225 e. The second-order valence-corrected chi connectivity index (χ2v) is 4.32. The second-order valence-electron chi connectivity index (χ2n) is 4.32. The van der Waals surface area contributed by atoms with Gasteiger partial charge < -0.3 is 10.6 Å². The summed E-state index contributed by atoms with van der Waals surface area (Å²) in [7, 11) is 0. The summed E-state index contributed by atoms with van der Waals surface area (Å²) < 4.78 is 0. The topological polar surface area (TPSA) is 55.0 Å². The summed E-state index contributed by atoms with van der Waals surface area (Å²) in [6.07, 6.45) is 1.81. The van der Waals surface area contributed by atoms with Gasteiger partial charge in [-0.2, -0.15) is 0 Å². The molecule has 0 bridgehead atoms. The smallest absolute Gasteiger partial charge is 0.225 e. The average molecular weight is 293 g/mol. The first-order valence-electron chi connectivity index (χ1n) is 6.65. The van der Waals surface area contributed by atoms with Crippen LogP contribution in [-0.4, -0.2) is 23.1 Å². The van der Waals surface area contributed by atoms with Crippen LogP contribution in [0.3, 0.4) is 0 Å². The molecule has 1 heterocycles. The third kappa shape index (κ3) is 3.68. The lowest BCUT2D eigenvalue weighted by Gasteiger charge is -2.18. The molecule has 0 saturated heterocycles. The van der Waals surface area contributed by atoms with Gasteiger partial charge in [0.25, 0.3) is 0 Å². The predicted molar refractivity (Wildman–Crippen MR) is 86.2 cm³/mol. The minimum atomic E-state index is 0. The van der Waals surface area contributed by atoms with Crippen molar-refractivity contribution in [3.63, 3.8) is 0 Å². The molecule has 0 spiro atoms. The zero-order valence-corrected chi connectivity index (χ0v) is 12.7. The molecule has 0 amide bonds. The summed E-state index contributed by atoms with van der Waals surface area (Å²) in [4.78, 5) is 11.1. The molecule has 4 nitrogen and oxygen atoms in total. The Balaban J connectivity index is 0.00000200. The number of benzene rings is 1. The quantitative estimate of drug-likeness (QED) is 0.921. The molecule has 0 radical (unpaired) electrons. The van der Waals surface area contributed by atoms with Gasteiger partial charge in [0.05, 0.1) is 5.69 Å². The van der Waals surface area contributed by atoms with E-state index in [1.165, 1.54) is 0 Å². The number of anilines is 1. The Kier molecular flexibility index (Phi) is 6.42. The fourth-order valence-corrected chi connectivity index (χ4v) is 1.98. The molecule has 20 heavy (non-hydrogen) atoms. The standard InChI is InChI=1S/C15H20N4.ClH/c1-3-19(4-2)15-17-10-9-14(18-15)13-7-5-12(11-16)6-8-13;/h5-10H,3-4,11,16H2,1-2H3;1H. The lowest BCUT2D eigenvalue weighted by atomic mass is 10.1.